The highest BCUT2D eigenvalue weighted by atomic mass is 16.3. The number of nitrogens with two attached hydrogens (primary N) is 1. The molecule has 1 amide bonds. The molecule has 2 aromatic carbocycles. The molecule has 0 unspecified atom stereocenters. The molecule has 5 heteroatoms. The van der Waals surface area contributed by atoms with Crippen molar-refractivity contribution in [3.05, 3.63) is 59.2 Å². The molecule has 2 aromatic rings. The molecule has 0 aliphatic heterocycles. The van der Waals surface area contributed by atoms with Gasteiger partial charge in [-0.2, -0.15) is 5.10 Å². The Morgan fingerprint density at radius 2 is 1.75 bits per heavy atom. The van der Waals surface area contributed by atoms with E-state index in [4.69, 9.17) is 5.73 Å². The molecule has 0 saturated carbocycles. The minimum atomic E-state index is -0.673. The van der Waals surface area contributed by atoms with Gasteiger partial charge in [0, 0.05) is 0 Å². The zero-order chi connectivity index (χ0) is 17.9. The maximum absolute atomic E-state index is 11.3. The summed E-state index contributed by atoms with van der Waals surface area (Å²) in [7, 11) is 0. The number of benzene rings is 2. The summed E-state index contributed by atoms with van der Waals surface area (Å²) < 4.78 is 0. The van der Waals surface area contributed by atoms with Gasteiger partial charge in [-0.05, 0) is 53.8 Å². The van der Waals surface area contributed by atoms with E-state index in [-0.39, 0.29) is 16.7 Å². The molecule has 126 valence electrons. The third-order valence-corrected chi connectivity index (χ3v) is 3.78. The molecule has 4 N–H and O–H groups in total. The van der Waals surface area contributed by atoms with Crippen molar-refractivity contribution in [2.24, 2.45) is 10.8 Å². The SMILES string of the molecule is C/C(=N/Nc1ccc(C(C)(C)C)cc1)c1ccc(O)c(C(N)=O)c1. The highest BCUT2D eigenvalue weighted by Crippen LogP contribution is 2.23. The second-order valence-electron chi connectivity index (χ2n) is 6.73. The van der Waals surface area contributed by atoms with E-state index in [2.05, 4.69) is 43.4 Å². The molecule has 0 aliphatic rings. The zero-order valence-corrected chi connectivity index (χ0v) is 14.4. The third kappa shape index (κ3) is 4.13. The topological polar surface area (TPSA) is 87.7 Å². The van der Waals surface area contributed by atoms with Gasteiger partial charge in [-0.15, -0.1) is 0 Å². The van der Waals surface area contributed by atoms with Crippen molar-refractivity contribution >= 4 is 17.3 Å². The van der Waals surface area contributed by atoms with E-state index in [9.17, 15) is 9.90 Å². The van der Waals surface area contributed by atoms with Crippen LogP contribution < -0.4 is 11.2 Å². The number of phenols is 1. The normalized spacial score (nSPS) is 12.1. The second kappa shape index (κ2) is 6.74. The second-order valence-corrected chi connectivity index (χ2v) is 6.73. The Bertz CT molecular complexity index is 772. The Balaban J connectivity index is 2.17. The summed E-state index contributed by atoms with van der Waals surface area (Å²) in [5.74, 6) is -0.808. The van der Waals surface area contributed by atoms with Crippen molar-refractivity contribution in [2.75, 3.05) is 5.43 Å². The summed E-state index contributed by atoms with van der Waals surface area (Å²) in [4.78, 5) is 11.3. The zero-order valence-electron chi connectivity index (χ0n) is 14.4. The number of anilines is 1. The fourth-order valence-electron chi connectivity index (χ4n) is 2.22. The molecule has 0 fully saturated rings. The molecule has 0 aliphatic carbocycles. The molecule has 0 heterocycles. The van der Waals surface area contributed by atoms with Crippen molar-refractivity contribution in [3.63, 3.8) is 0 Å². The summed E-state index contributed by atoms with van der Waals surface area (Å²) in [5, 5.41) is 13.9. The van der Waals surface area contributed by atoms with Gasteiger partial charge >= 0.3 is 0 Å². The summed E-state index contributed by atoms with van der Waals surface area (Å²) in [6, 6.07) is 12.7. The van der Waals surface area contributed by atoms with Crippen LogP contribution >= 0.6 is 0 Å². The van der Waals surface area contributed by atoms with E-state index >= 15 is 0 Å². The fraction of sp³-hybridized carbons (Fsp3) is 0.263. The summed E-state index contributed by atoms with van der Waals surface area (Å²) in [6.45, 7) is 8.31. The smallest absolute Gasteiger partial charge is 0.252 e. The molecule has 0 aromatic heterocycles. The number of rotatable bonds is 4. The molecule has 2 rings (SSSR count). The molecule has 0 spiro atoms. The fourth-order valence-corrected chi connectivity index (χ4v) is 2.22. The number of primary amides is 1. The summed E-state index contributed by atoms with van der Waals surface area (Å²) in [6.07, 6.45) is 0. The first-order valence-electron chi connectivity index (χ1n) is 7.72. The van der Waals surface area contributed by atoms with E-state index in [1.165, 1.54) is 17.7 Å². The average Bonchev–Trinajstić information content (AvgIpc) is 2.52. The largest absolute Gasteiger partial charge is 0.507 e. The molecule has 24 heavy (non-hydrogen) atoms. The lowest BCUT2D eigenvalue weighted by molar-refractivity contribution is 0.0997. The van der Waals surface area contributed by atoms with Crippen molar-refractivity contribution < 1.29 is 9.90 Å². The standard InChI is InChI=1S/C19H23N3O2/c1-12(13-5-10-17(23)16(11-13)18(20)24)21-22-15-8-6-14(7-9-15)19(2,3)4/h5-11,22-23H,1-4H3,(H2,20,24)/b21-12-. The van der Waals surface area contributed by atoms with Crippen molar-refractivity contribution in [2.45, 2.75) is 33.1 Å². The number of nitrogens with one attached hydrogen (secondary N) is 1. The van der Waals surface area contributed by atoms with Crippen molar-refractivity contribution in [1.82, 2.24) is 0 Å². The minimum Gasteiger partial charge on any atom is -0.507 e. The third-order valence-electron chi connectivity index (χ3n) is 3.78. The van der Waals surface area contributed by atoms with Gasteiger partial charge in [-0.3, -0.25) is 10.2 Å². The molecular weight excluding hydrogens is 302 g/mol. The summed E-state index contributed by atoms with van der Waals surface area (Å²) in [5.41, 5.74) is 11.9. The Labute approximate surface area is 142 Å². The van der Waals surface area contributed by atoms with Gasteiger partial charge in [0.1, 0.15) is 5.75 Å². The van der Waals surface area contributed by atoms with Gasteiger partial charge in [0.15, 0.2) is 0 Å². The number of amides is 1. The molecular formula is C19H23N3O2. The highest BCUT2D eigenvalue weighted by molar-refractivity contribution is 6.03. The van der Waals surface area contributed by atoms with Gasteiger partial charge in [-0.25, -0.2) is 0 Å². The van der Waals surface area contributed by atoms with Crippen LogP contribution in [0.3, 0.4) is 0 Å². The number of carbonyl (C=O) groups is 1. The first-order valence-corrected chi connectivity index (χ1v) is 7.72. The molecule has 0 bridgehead atoms. The lowest BCUT2D eigenvalue weighted by Gasteiger charge is -2.19. The predicted octanol–water partition coefficient (Wildman–Crippen LogP) is 3.62. The lowest BCUT2D eigenvalue weighted by atomic mass is 9.87. The van der Waals surface area contributed by atoms with Gasteiger partial charge < -0.3 is 10.8 Å². The van der Waals surface area contributed by atoms with Crippen molar-refractivity contribution in [1.29, 1.82) is 0 Å². The number of hydrogen-bond acceptors (Lipinski definition) is 4. The van der Waals surface area contributed by atoms with Crippen LogP contribution in [0.5, 0.6) is 5.75 Å². The number of hydrazone groups is 1. The van der Waals surface area contributed by atoms with Crippen LogP contribution in [-0.2, 0) is 5.41 Å². The van der Waals surface area contributed by atoms with Gasteiger partial charge in [0.05, 0.1) is 17.0 Å². The van der Waals surface area contributed by atoms with Gasteiger partial charge in [0.2, 0.25) is 0 Å². The lowest BCUT2D eigenvalue weighted by Crippen LogP contribution is -2.12. The summed E-state index contributed by atoms with van der Waals surface area (Å²) >= 11 is 0. The Kier molecular flexibility index (Phi) is 4.93. The van der Waals surface area contributed by atoms with Crippen LogP contribution in [0.15, 0.2) is 47.6 Å². The van der Waals surface area contributed by atoms with Crippen LogP contribution in [0.4, 0.5) is 5.69 Å². The molecule has 5 nitrogen and oxygen atoms in total. The van der Waals surface area contributed by atoms with Crippen LogP contribution in [0.25, 0.3) is 0 Å². The highest BCUT2D eigenvalue weighted by Gasteiger charge is 2.13. The molecule has 0 atom stereocenters. The van der Waals surface area contributed by atoms with Crippen LogP contribution in [-0.4, -0.2) is 16.7 Å². The first-order chi connectivity index (χ1) is 11.2. The minimum absolute atomic E-state index is 0.0802. The van der Waals surface area contributed by atoms with E-state index in [0.29, 0.717) is 11.3 Å². The van der Waals surface area contributed by atoms with E-state index in [1.807, 2.05) is 19.1 Å². The quantitative estimate of drug-likeness (QED) is 0.592. The number of carbonyl (C=O) groups excluding carboxylic acids is 1. The van der Waals surface area contributed by atoms with Crippen LogP contribution in [0, 0.1) is 0 Å². The maximum Gasteiger partial charge on any atom is 0.252 e. The number of aromatic hydroxyl groups is 1. The Morgan fingerprint density at radius 3 is 2.29 bits per heavy atom. The average molecular weight is 325 g/mol. The number of hydrogen-bond donors (Lipinski definition) is 3. The molecule has 0 saturated heterocycles. The monoisotopic (exact) mass is 325 g/mol. The molecule has 0 radical (unpaired) electrons. The van der Waals surface area contributed by atoms with E-state index in [0.717, 1.165) is 5.69 Å². The van der Waals surface area contributed by atoms with Gasteiger partial charge in [-0.1, -0.05) is 32.9 Å². The van der Waals surface area contributed by atoms with Crippen LogP contribution in [0.2, 0.25) is 0 Å². The predicted molar refractivity (Wildman–Crippen MR) is 97.6 cm³/mol. The Hall–Kier alpha value is -2.82. The van der Waals surface area contributed by atoms with E-state index < -0.39 is 5.91 Å². The Morgan fingerprint density at radius 1 is 1.12 bits per heavy atom. The van der Waals surface area contributed by atoms with Crippen molar-refractivity contribution in [3.8, 4) is 5.75 Å². The maximum atomic E-state index is 11.3. The van der Waals surface area contributed by atoms with Gasteiger partial charge in [0.25, 0.3) is 5.91 Å². The first kappa shape index (κ1) is 17.5. The van der Waals surface area contributed by atoms with E-state index in [1.54, 1.807) is 6.07 Å². The number of nitrogens with zero attached hydrogens (tertiary/aromatic N) is 1. The van der Waals surface area contributed by atoms with Crippen LogP contribution in [0.1, 0.15) is 49.2 Å².